The van der Waals surface area contributed by atoms with Gasteiger partial charge in [0.15, 0.2) is 0 Å². The summed E-state index contributed by atoms with van der Waals surface area (Å²) in [5, 5.41) is 14.7. The molecule has 4 aromatic heterocycles. The maximum atomic E-state index is 12.6. The molecule has 1 N–H and O–H groups in total. The van der Waals surface area contributed by atoms with Crippen LogP contribution >= 0.6 is 34.4 Å². The Morgan fingerprint density at radius 3 is 3.00 bits per heavy atom. The van der Waals surface area contributed by atoms with Crippen molar-refractivity contribution < 1.29 is 4.79 Å². The van der Waals surface area contributed by atoms with E-state index >= 15 is 0 Å². The number of hydrogen-bond donors (Lipinski definition) is 1. The lowest BCUT2D eigenvalue weighted by Crippen LogP contribution is -2.34. The van der Waals surface area contributed by atoms with Crippen LogP contribution in [0.4, 0.5) is 0 Å². The summed E-state index contributed by atoms with van der Waals surface area (Å²) in [7, 11) is 0. The van der Waals surface area contributed by atoms with E-state index in [4.69, 9.17) is 0 Å². The molecule has 0 aliphatic carbocycles. The van der Waals surface area contributed by atoms with Gasteiger partial charge >= 0.3 is 0 Å². The van der Waals surface area contributed by atoms with E-state index < -0.39 is 0 Å². The smallest absolute Gasteiger partial charge is 0.272 e. The molecule has 12 heteroatoms. The van der Waals surface area contributed by atoms with E-state index in [1.165, 1.54) is 29.4 Å². The lowest BCUT2D eigenvalue weighted by molar-refractivity contribution is -0.114. The van der Waals surface area contributed by atoms with Gasteiger partial charge in [-0.1, -0.05) is 17.8 Å². The molecule has 9 nitrogen and oxygen atoms in total. The summed E-state index contributed by atoms with van der Waals surface area (Å²) in [6, 6.07) is 3.96. The van der Waals surface area contributed by atoms with Gasteiger partial charge in [0.1, 0.15) is 11.2 Å². The molecule has 0 radical (unpaired) electrons. The van der Waals surface area contributed by atoms with Crippen molar-refractivity contribution in [2.75, 3.05) is 11.2 Å². The highest BCUT2D eigenvalue weighted by Gasteiger charge is 2.15. The van der Waals surface area contributed by atoms with Crippen LogP contribution in [0.3, 0.4) is 0 Å². The average molecular weight is 434 g/mol. The van der Waals surface area contributed by atoms with E-state index in [0.717, 1.165) is 20.0 Å². The number of amides is 1. The van der Waals surface area contributed by atoms with Crippen molar-refractivity contribution in [3.63, 3.8) is 0 Å². The number of aryl methyl sites for hydroxylation is 2. The minimum absolute atomic E-state index is 0.0664. The third kappa shape index (κ3) is 3.70. The first kappa shape index (κ1) is 18.8. The molecule has 0 saturated carbocycles. The first-order valence-corrected chi connectivity index (χ1v) is 10.9. The van der Waals surface area contributed by atoms with Gasteiger partial charge < -0.3 is 0 Å². The molecular formula is C16H15N7O2S3. The predicted molar refractivity (Wildman–Crippen MR) is 110 cm³/mol. The highest BCUT2D eigenvalue weighted by Crippen LogP contribution is 2.25. The predicted octanol–water partition coefficient (Wildman–Crippen LogP) is 2.03. The zero-order chi connectivity index (χ0) is 19.7. The van der Waals surface area contributed by atoms with Crippen LogP contribution < -0.4 is 11.0 Å². The van der Waals surface area contributed by atoms with E-state index in [9.17, 15) is 9.59 Å². The van der Waals surface area contributed by atoms with E-state index in [-0.39, 0.29) is 17.2 Å². The number of hydrogen-bond acceptors (Lipinski definition) is 9. The molecule has 28 heavy (non-hydrogen) atoms. The Bertz CT molecular complexity index is 1190. The van der Waals surface area contributed by atoms with Crippen LogP contribution in [0.1, 0.15) is 15.3 Å². The molecule has 0 saturated heterocycles. The van der Waals surface area contributed by atoms with Crippen molar-refractivity contribution in [1.29, 1.82) is 0 Å². The molecule has 0 spiro atoms. The van der Waals surface area contributed by atoms with Crippen LogP contribution in [0.5, 0.6) is 0 Å². The number of thiophene rings is 2. The number of thioether (sulfide) groups is 1. The molecule has 4 rings (SSSR count). The van der Waals surface area contributed by atoms with E-state index in [1.54, 1.807) is 16.0 Å². The van der Waals surface area contributed by atoms with Gasteiger partial charge in [-0.05, 0) is 41.3 Å². The molecule has 4 heterocycles. The number of carbonyl (C=O) groups is 1. The highest BCUT2D eigenvalue weighted by atomic mass is 32.2. The Morgan fingerprint density at radius 1 is 1.36 bits per heavy atom. The molecule has 4 aromatic rings. The van der Waals surface area contributed by atoms with E-state index in [1.807, 2.05) is 31.4 Å². The molecule has 1 amide bonds. The van der Waals surface area contributed by atoms with Crippen LogP contribution in [-0.2, 0) is 11.3 Å². The quantitative estimate of drug-likeness (QED) is 0.464. The summed E-state index contributed by atoms with van der Waals surface area (Å²) in [4.78, 5) is 32.1. The second kappa shape index (κ2) is 7.81. The van der Waals surface area contributed by atoms with Crippen molar-refractivity contribution >= 4 is 50.6 Å². The first-order chi connectivity index (χ1) is 13.5. The first-order valence-electron chi connectivity index (χ1n) is 8.21. The topological polar surface area (TPSA) is 108 Å². The van der Waals surface area contributed by atoms with Gasteiger partial charge in [-0.15, -0.1) is 27.8 Å². The molecule has 0 fully saturated rings. The minimum atomic E-state index is -0.344. The fourth-order valence-electron chi connectivity index (χ4n) is 2.56. The maximum absolute atomic E-state index is 12.6. The molecule has 0 atom stereocenters. The highest BCUT2D eigenvalue weighted by molar-refractivity contribution is 7.99. The normalized spacial score (nSPS) is 11.2. The summed E-state index contributed by atoms with van der Waals surface area (Å²) < 4.78 is 2.76. The zero-order valence-corrected chi connectivity index (χ0v) is 17.4. The summed E-state index contributed by atoms with van der Waals surface area (Å²) in [5.74, 6) is -0.278. The number of carbonyl (C=O) groups excluding carboxylic acids is 1. The summed E-state index contributed by atoms with van der Waals surface area (Å²) >= 11 is 4.28. The fraction of sp³-hybridized carbons (Fsp3) is 0.250. The molecule has 0 unspecified atom stereocenters. The molecule has 0 bridgehead atoms. The number of fused-ring (bicyclic) bond motifs is 1. The van der Waals surface area contributed by atoms with Crippen molar-refractivity contribution in [3.8, 4) is 0 Å². The van der Waals surface area contributed by atoms with Crippen LogP contribution in [0.15, 0.2) is 33.8 Å². The van der Waals surface area contributed by atoms with Gasteiger partial charge in [-0.3, -0.25) is 15.0 Å². The lowest BCUT2D eigenvalue weighted by Gasteiger charge is -2.07. The average Bonchev–Trinajstić information content (AvgIpc) is 3.39. The summed E-state index contributed by atoms with van der Waals surface area (Å²) in [6.45, 7) is 4.37. The Morgan fingerprint density at radius 2 is 2.21 bits per heavy atom. The number of nitrogens with zero attached hydrogens (tertiary/aromatic N) is 6. The Kier molecular flexibility index (Phi) is 5.24. The van der Waals surface area contributed by atoms with Crippen LogP contribution in [-0.4, -0.2) is 41.5 Å². The van der Waals surface area contributed by atoms with Gasteiger partial charge in [-0.25, -0.2) is 14.3 Å². The Hall–Kier alpha value is -2.57. The van der Waals surface area contributed by atoms with Gasteiger partial charge in [0, 0.05) is 9.75 Å². The number of tetrazole rings is 1. The molecular weight excluding hydrogens is 418 g/mol. The van der Waals surface area contributed by atoms with Crippen molar-refractivity contribution in [2.45, 2.75) is 25.5 Å². The van der Waals surface area contributed by atoms with Crippen molar-refractivity contribution in [3.05, 3.63) is 49.5 Å². The maximum Gasteiger partial charge on any atom is 0.281 e. The van der Waals surface area contributed by atoms with E-state index in [2.05, 4.69) is 25.9 Å². The standard InChI is InChI=1S/C16H15N7O2S3/c1-9-10(2)28-14-13(9)15(25)23(8-17-14)19-12(24)7-27-16-18-20-21-22(16)6-11-4-3-5-26-11/h3-5,8H,6-7H2,1-2H3,(H,19,24). The second-order valence-corrected chi connectivity index (χ2v) is 9.08. The summed E-state index contributed by atoms with van der Waals surface area (Å²) in [6.07, 6.45) is 1.34. The summed E-state index contributed by atoms with van der Waals surface area (Å²) in [5.41, 5.74) is 3.18. The Labute approximate surface area is 171 Å². The fourth-order valence-corrected chi connectivity index (χ4v) is 4.90. The van der Waals surface area contributed by atoms with Crippen molar-refractivity contribution in [2.24, 2.45) is 0 Å². The van der Waals surface area contributed by atoms with Crippen LogP contribution in [0, 0.1) is 13.8 Å². The monoisotopic (exact) mass is 433 g/mol. The lowest BCUT2D eigenvalue weighted by atomic mass is 10.2. The second-order valence-electron chi connectivity index (χ2n) is 5.91. The van der Waals surface area contributed by atoms with Gasteiger partial charge in [-0.2, -0.15) is 0 Å². The minimum Gasteiger partial charge on any atom is -0.272 e. The van der Waals surface area contributed by atoms with Crippen LogP contribution in [0.2, 0.25) is 0 Å². The molecule has 144 valence electrons. The Balaban J connectivity index is 1.44. The number of rotatable bonds is 6. The van der Waals surface area contributed by atoms with E-state index in [0.29, 0.717) is 21.9 Å². The third-order valence-corrected chi connectivity index (χ3v) is 6.99. The van der Waals surface area contributed by atoms with Gasteiger partial charge in [0.2, 0.25) is 11.1 Å². The number of nitrogens with one attached hydrogen (secondary N) is 1. The van der Waals surface area contributed by atoms with Crippen molar-refractivity contribution in [1.82, 2.24) is 29.9 Å². The zero-order valence-electron chi connectivity index (χ0n) is 14.9. The third-order valence-electron chi connectivity index (χ3n) is 4.05. The molecule has 0 aromatic carbocycles. The van der Waals surface area contributed by atoms with Gasteiger partial charge in [0.05, 0.1) is 17.7 Å². The van der Waals surface area contributed by atoms with Gasteiger partial charge in [0.25, 0.3) is 5.56 Å². The SMILES string of the molecule is Cc1sc2ncn(NC(=O)CSc3nnnn3Cc3cccs3)c(=O)c2c1C. The molecule has 0 aliphatic rings. The number of aromatic nitrogens is 6. The molecule has 0 aliphatic heterocycles. The van der Waals surface area contributed by atoms with Crippen LogP contribution in [0.25, 0.3) is 10.2 Å². The largest absolute Gasteiger partial charge is 0.281 e.